The van der Waals surface area contributed by atoms with Gasteiger partial charge in [-0.05, 0) is 37.3 Å². The standard InChI is InChI=1S/C19H18N2O8S/c1-3-28-18(23)12-5-4-6-13(9-12)20-30(25,26)14-7-8-15-16(10-14)29-19(24)21(15)11-17(22)27-2/h4-10,20H,3,11H2,1-2H3. The molecule has 2 aromatic carbocycles. The van der Waals surface area contributed by atoms with Crippen molar-refractivity contribution in [3.63, 3.8) is 0 Å². The van der Waals surface area contributed by atoms with Crippen molar-refractivity contribution in [3.05, 3.63) is 58.6 Å². The van der Waals surface area contributed by atoms with Crippen LogP contribution in [0, 0.1) is 0 Å². The number of carbonyl (C=O) groups is 2. The number of nitrogens with one attached hydrogen (secondary N) is 1. The number of benzene rings is 2. The Hall–Kier alpha value is -3.60. The highest BCUT2D eigenvalue weighted by Crippen LogP contribution is 2.22. The highest BCUT2D eigenvalue weighted by Gasteiger charge is 2.19. The summed E-state index contributed by atoms with van der Waals surface area (Å²) in [5, 5.41) is 0. The number of hydrogen-bond acceptors (Lipinski definition) is 8. The van der Waals surface area contributed by atoms with Crippen LogP contribution in [0.5, 0.6) is 0 Å². The first-order valence-electron chi connectivity index (χ1n) is 8.75. The second kappa shape index (κ2) is 8.41. The van der Waals surface area contributed by atoms with Crippen LogP contribution < -0.4 is 10.5 Å². The van der Waals surface area contributed by atoms with E-state index in [-0.39, 0.29) is 40.4 Å². The first kappa shape index (κ1) is 21.1. The molecule has 30 heavy (non-hydrogen) atoms. The number of ether oxygens (including phenoxy) is 2. The van der Waals surface area contributed by atoms with Crippen LogP contribution in [-0.4, -0.2) is 38.6 Å². The smallest absolute Gasteiger partial charge is 0.420 e. The van der Waals surface area contributed by atoms with Gasteiger partial charge in [-0.25, -0.2) is 18.0 Å². The van der Waals surface area contributed by atoms with Crippen molar-refractivity contribution in [3.8, 4) is 0 Å². The van der Waals surface area contributed by atoms with E-state index < -0.39 is 27.7 Å². The molecule has 0 amide bonds. The lowest BCUT2D eigenvalue weighted by molar-refractivity contribution is -0.141. The molecule has 0 fully saturated rings. The minimum absolute atomic E-state index is 0.00736. The van der Waals surface area contributed by atoms with Crippen LogP contribution in [0.4, 0.5) is 5.69 Å². The van der Waals surface area contributed by atoms with Gasteiger partial charge in [0.15, 0.2) is 5.58 Å². The summed E-state index contributed by atoms with van der Waals surface area (Å²) in [5.41, 5.74) is 0.587. The van der Waals surface area contributed by atoms with Crippen molar-refractivity contribution in [1.82, 2.24) is 4.57 Å². The number of anilines is 1. The molecule has 0 radical (unpaired) electrons. The lowest BCUT2D eigenvalue weighted by Gasteiger charge is -2.09. The first-order chi connectivity index (χ1) is 14.2. The maximum Gasteiger partial charge on any atom is 0.420 e. The van der Waals surface area contributed by atoms with Gasteiger partial charge in [0.25, 0.3) is 10.0 Å². The Bertz CT molecular complexity index is 1270. The molecule has 0 unspecified atom stereocenters. The Labute approximate surface area is 171 Å². The number of methoxy groups -OCH3 is 1. The quantitative estimate of drug-likeness (QED) is 0.556. The highest BCUT2D eigenvalue weighted by molar-refractivity contribution is 7.92. The fourth-order valence-corrected chi connectivity index (χ4v) is 3.76. The number of nitrogens with zero attached hydrogens (tertiary/aromatic N) is 1. The molecule has 0 aliphatic heterocycles. The van der Waals surface area contributed by atoms with Crippen LogP contribution in [-0.2, 0) is 30.8 Å². The Kier molecular flexibility index (Phi) is 5.92. The summed E-state index contributed by atoms with van der Waals surface area (Å²) in [6, 6.07) is 9.63. The predicted octanol–water partition coefficient (Wildman–Crippen LogP) is 1.74. The molecule has 3 aromatic rings. The molecule has 10 nitrogen and oxygen atoms in total. The van der Waals surface area contributed by atoms with Crippen molar-refractivity contribution in [2.45, 2.75) is 18.4 Å². The van der Waals surface area contributed by atoms with E-state index in [0.29, 0.717) is 0 Å². The fourth-order valence-electron chi connectivity index (χ4n) is 2.70. The third-order valence-corrected chi connectivity index (χ3v) is 5.47. The van der Waals surface area contributed by atoms with E-state index in [1.54, 1.807) is 6.92 Å². The second-order valence-corrected chi connectivity index (χ2v) is 7.75. The SMILES string of the molecule is CCOC(=O)c1cccc(NS(=O)(=O)c2ccc3c(c2)oc(=O)n3CC(=O)OC)c1. The molecule has 0 aliphatic rings. The molecule has 0 saturated heterocycles. The summed E-state index contributed by atoms with van der Waals surface area (Å²) < 4.78 is 43.4. The van der Waals surface area contributed by atoms with Gasteiger partial charge in [0.05, 0.1) is 29.7 Å². The van der Waals surface area contributed by atoms with Crippen LogP contribution in [0.25, 0.3) is 11.1 Å². The minimum Gasteiger partial charge on any atom is -0.468 e. The Morgan fingerprint density at radius 1 is 1.17 bits per heavy atom. The average molecular weight is 434 g/mol. The van der Waals surface area contributed by atoms with Crippen molar-refractivity contribution in [2.75, 3.05) is 18.4 Å². The largest absolute Gasteiger partial charge is 0.468 e. The molecular weight excluding hydrogens is 416 g/mol. The molecule has 158 valence electrons. The second-order valence-electron chi connectivity index (χ2n) is 6.07. The number of rotatable bonds is 7. The molecule has 0 atom stereocenters. The number of sulfonamides is 1. The van der Waals surface area contributed by atoms with Gasteiger partial charge in [-0.2, -0.15) is 0 Å². The van der Waals surface area contributed by atoms with Crippen molar-refractivity contribution < 1.29 is 31.9 Å². The zero-order valence-corrected chi connectivity index (χ0v) is 16.9. The lowest BCUT2D eigenvalue weighted by Crippen LogP contribution is -2.20. The van der Waals surface area contributed by atoms with Crippen LogP contribution in [0.1, 0.15) is 17.3 Å². The maximum absolute atomic E-state index is 12.7. The molecular formula is C19H18N2O8S. The van der Waals surface area contributed by atoms with E-state index in [1.165, 1.54) is 49.6 Å². The molecule has 0 bridgehead atoms. The van der Waals surface area contributed by atoms with Crippen molar-refractivity contribution >= 4 is 38.7 Å². The van der Waals surface area contributed by atoms with Gasteiger partial charge in [0.2, 0.25) is 0 Å². The van der Waals surface area contributed by atoms with Gasteiger partial charge in [0, 0.05) is 11.8 Å². The summed E-state index contributed by atoms with van der Waals surface area (Å²) in [6.45, 7) is 1.49. The molecule has 1 N–H and O–H groups in total. The Morgan fingerprint density at radius 2 is 1.93 bits per heavy atom. The van der Waals surface area contributed by atoms with Crippen LogP contribution in [0.3, 0.4) is 0 Å². The summed E-state index contributed by atoms with van der Waals surface area (Å²) in [5.74, 6) is -2.05. The van der Waals surface area contributed by atoms with Crippen molar-refractivity contribution in [1.29, 1.82) is 0 Å². The van der Waals surface area contributed by atoms with Crippen LogP contribution in [0.2, 0.25) is 0 Å². The van der Waals surface area contributed by atoms with E-state index in [1.807, 2.05) is 0 Å². The number of carbonyl (C=O) groups excluding carboxylic acids is 2. The topological polar surface area (TPSA) is 134 Å². The van der Waals surface area contributed by atoms with E-state index >= 15 is 0 Å². The van der Waals surface area contributed by atoms with Crippen LogP contribution in [0.15, 0.2) is 56.6 Å². The molecule has 0 aliphatic carbocycles. The molecule has 1 heterocycles. The summed E-state index contributed by atoms with van der Waals surface area (Å²) in [4.78, 5) is 35.1. The van der Waals surface area contributed by atoms with Gasteiger partial charge in [-0.3, -0.25) is 14.1 Å². The van der Waals surface area contributed by atoms with Gasteiger partial charge in [-0.15, -0.1) is 0 Å². The predicted molar refractivity (Wildman–Crippen MR) is 106 cm³/mol. The zero-order valence-electron chi connectivity index (χ0n) is 16.1. The Morgan fingerprint density at radius 3 is 2.63 bits per heavy atom. The van der Waals surface area contributed by atoms with Crippen LogP contribution >= 0.6 is 0 Å². The fraction of sp³-hybridized carbons (Fsp3) is 0.211. The summed E-state index contributed by atoms with van der Waals surface area (Å²) >= 11 is 0. The van der Waals surface area contributed by atoms with Crippen molar-refractivity contribution in [2.24, 2.45) is 0 Å². The zero-order chi connectivity index (χ0) is 21.9. The van der Waals surface area contributed by atoms with Gasteiger partial charge in [-0.1, -0.05) is 6.07 Å². The third-order valence-electron chi connectivity index (χ3n) is 4.09. The minimum atomic E-state index is -4.06. The number of aromatic nitrogens is 1. The normalized spacial score (nSPS) is 11.3. The van der Waals surface area contributed by atoms with Gasteiger partial charge < -0.3 is 13.9 Å². The first-order valence-corrected chi connectivity index (χ1v) is 10.2. The highest BCUT2D eigenvalue weighted by atomic mass is 32.2. The number of esters is 2. The lowest BCUT2D eigenvalue weighted by atomic mass is 10.2. The number of fused-ring (bicyclic) bond motifs is 1. The Balaban J connectivity index is 1.91. The molecule has 3 rings (SSSR count). The van der Waals surface area contributed by atoms with E-state index in [2.05, 4.69) is 9.46 Å². The molecule has 0 spiro atoms. The number of oxazole rings is 1. The molecule has 0 saturated carbocycles. The maximum atomic E-state index is 12.7. The van der Waals surface area contributed by atoms with E-state index in [0.717, 1.165) is 4.57 Å². The van der Waals surface area contributed by atoms with Gasteiger partial charge in [0.1, 0.15) is 6.54 Å². The third kappa shape index (κ3) is 4.35. The molecule has 1 aromatic heterocycles. The van der Waals surface area contributed by atoms with E-state index in [9.17, 15) is 22.8 Å². The summed E-state index contributed by atoms with van der Waals surface area (Å²) in [7, 11) is -2.87. The number of hydrogen-bond donors (Lipinski definition) is 1. The monoisotopic (exact) mass is 434 g/mol. The molecule has 11 heteroatoms. The summed E-state index contributed by atoms with van der Waals surface area (Å²) in [6.07, 6.45) is 0. The average Bonchev–Trinajstić information content (AvgIpc) is 3.02. The van der Waals surface area contributed by atoms with E-state index in [4.69, 9.17) is 9.15 Å². The van der Waals surface area contributed by atoms with Gasteiger partial charge >= 0.3 is 17.7 Å².